The SMILES string of the molecule is COc1ccc(C(=O)Nc2cc(-c3ccc(C(=O)O)cc3)ccc2N)cc1. The van der Waals surface area contributed by atoms with Crippen molar-refractivity contribution in [2.24, 2.45) is 0 Å². The molecule has 0 radical (unpaired) electrons. The minimum absolute atomic E-state index is 0.210. The van der Waals surface area contributed by atoms with Gasteiger partial charge in [0.05, 0.1) is 24.0 Å². The molecule has 0 aliphatic rings. The van der Waals surface area contributed by atoms with Crippen LogP contribution in [0.4, 0.5) is 11.4 Å². The molecule has 3 aromatic carbocycles. The molecule has 1 amide bonds. The molecule has 4 N–H and O–H groups in total. The van der Waals surface area contributed by atoms with E-state index in [2.05, 4.69) is 5.32 Å². The predicted molar refractivity (Wildman–Crippen MR) is 104 cm³/mol. The van der Waals surface area contributed by atoms with E-state index in [1.54, 1.807) is 55.6 Å². The summed E-state index contributed by atoms with van der Waals surface area (Å²) in [6, 6.07) is 18.5. The van der Waals surface area contributed by atoms with Crippen molar-refractivity contribution in [2.75, 3.05) is 18.2 Å². The highest BCUT2D eigenvalue weighted by atomic mass is 16.5. The number of aromatic carboxylic acids is 1. The highest BCUT2D eigenvalue weighted by molar-refractivity contribution is 6.06. The first-order valence-electron chi connectivity index (χ1n) is 8.16. The lowest BCUT2D eigenvalue weighted by Gasteiger charge is -2.11. The van der Waals surface area contributed by atoms with Gasteiger partial charge >= 0.3 is 5.97 Å². The molecule has 6 nitrogen and oxygen atoms in total. The number of ether oxygens (including phenoxy) is 1. The maximum Gasteiger partial charge on any atom is 0.335 e. The van der Waals surface area contributed by atoms with E-state index in [9.17, 15) is 9.59 Å². The van der Waals surface area contributed by atoms with Crippen LogP contribution in [-0.2, 0) is 0 Å². The zero-order chi connectivity index (χ0) is 19.4. The van der Waals surface area contributed by atoms with Gasteiger partial charge in [0.2, 0.25) is 0 Å². The van der Waals surface area contributed by atoms with E-state index < -0.39 is 5.97 Å². The molecule has 0 saturated carbocycles. The molecular formula is C21H18N2O4. The Labute approximate surface area is 156 Å². The summed E-state index contributed by atoms with van der Waals surface area (Å²) in [4.78, 5) is 23.4. The van der Waals surface area contributed by atoms with Crippen LogP contribution in [0.5, 0.6) is 5.75 Å². The third-order valence-electron chi connectivity index (χ3n) is 4.12. The first-order valence-corrected chi connectivity index (χ1v) is 8.16. The minimum atomic E-state index is -0.980. The van der Waals surface area contributed by atoms with Crippen molar-refractivity contribution >= 4 is 23.3 Å². The molecule has 0 aromatic heterocycles. The molecule has 3 aromatic rings. The number of hydrogen-bond donors (Lipinski definition) is 3. The fourth-order valence-electron chi connectivity index (χ4n) is 2.59. The van der Waals surface area contributed by atoms with Crippen LogP contribution < -0.4 is 15.8 Å². The number of nitrogens with one attached hydrogen (secondary N) is 1. The largest absolute Gasteiger partial charge is 0.497 e. The lowest BCUT2D eigenvalue weighted by atomic mass is 10.0. The molecule has 0 unspecified atom stereocenters. The summed E-state index contributed by atoms with van der Waals surface area (Å²) in [5.41, 5.74) is 9.23. The van der Waals surface area contributed by atoms with Crippen molar-refractivity contribution in [3.8, 4) is 16.9 Å². The van der Waals surface area contributed by atoms with E-state index in [1.807, 2.05) is 6.07 Å². The van der Waals surface area contributed by atoms with E-state index in [4.69, 9.17) is 15.6 Å². The summed E-state index contributed by atoms with van der Waals surface area (Å²) in [5, 5.41) is 11.8. The first-order chi connectivity index (χ1) is 13.0. The third-order valence-corrected chi connectivity index (χ3v) is 4.12. The van der Waals surface area contributed by atoms with Crippen molar-refractivity contribution in [3.05, 3.63) is 77.9 Å². The molecule has 0 aliphatic carbocycles. The Bertz CT molecular complexity index is 980. The van der Waals surface area contributed by atoms with Crippen LogP contribution >= 0.6 is 0 Å². The Hall–Kier alpha value is -3.80. The Kier molecular flexibility index (Phi) is 5.08. The van der Waals surface area contributed by atoms with Crippen LogP contribution in [0.15, 0.2) is 66.7 Å². The van der Waals surface area contributed by atoms with Gasteiger partial charge in [-0.3, -0.25) is 4.79 Å². The second kappa shape index (κ2) is 7.61. The van der Waals surface area contributed by atoms with Crippen LogP contribution in [0.25, 0.3) is 11.1 Å². The minimum Gasteiger partial charge on any atom is -0.497 e. The summed E-state index contributed by atoms with van der Waals surface area (Å²) in [7, 11) is 1.56. The maximum atomic E-state index is 12.5. The van der Waals surface area contributed by atoms with Gasteiger partial charge in [-0.25, -0.2) is 4.79 Å². The quantitative estimate of drug-likeness (QED) is 0.598. The Morgan fingerprint density at radius 2 is 1.48 bits per heavy atom. The topological polar surface area (TPSA) is 102 Å². The lowest BCUT2D eigenvalue weighted by molar-refractivity contribution is 0.0696. The van der Waals surface area contributed by atoms with E-state index in [0.717, 1.165) is 11.1 Å². The average Bonchev–Trinajstić information content (AvgIpc) is 2.69. The van der Waals surface area contributed by atoms with Gasteiger partial charge in [-0.1, -0.05) is 18.2 Å². The smallest absolute Gasteiger partial charge is 0.335 e. The standard InChI is InChI=1S/C21H18N2O4/c1-27-17-9-6-14(7-10-17)20(24)23-19-12-16(8-11-18(19)22)13-2-4-15(5-3-13)21(25)26/h2-12H,22H2,1H3,(H,23,24)(H,25,26). The van der Waals surface area contributed by atoms with Gasteiger partial charge in [-0.05, 0) is 59.7 Å². The highest BCUT2D eigenvalue weighted by Crippen LogP contribution is 2.28. The Balaban J connectivity index is 1.84. The second-order valence-corrected chi connectivity index (χ2v) is 5.87. The number of anilines is 2. The van der Waals surface area contributed by atoms with E-state index in [1.165, 1.54) is 12.1 Å². The summed E-state index contributed by atoms with van der Waals surface area (Å²) < 4.78 is 5.09. The van der Waals surface area contributed by atoms with Gasteiger partial charge in [0.15, 0.2) is 0 Å². The first kappa shape index (κ1) is 18.0. The molecule has 6 heteroatoms. The van der Waals surface area contributed by atoms with Crippen LogP contribution in [0.1, 0.15) is 20.7 Å². The molecule has 0 spiro atoms. The van der Waals surface area contributed by atoms with E-state index >= 15 is 0 Å². The number of carbonyl (C=O) groups excluding carboxylic acids is 1. The molecule has 0 aliphatic heterocycles. The maximum absolute atomic E-state index is 12.5. The number of hydrogen-bond acceptors (Lipinski definition) is 4. The zero-order valence-electron chi connectivity index (χ0n) is 14.6. The second-order valence-electron chi connectivity index (χ2n) is 5.87. The van der Waals surface area contributed by atoms with Gasteiger partial charge < -0.3 is 20.9 Å². The summed E-state index contributed by atoms with van der Waals surface area (Å²) in [6.45, 7) is 0. The third kappa shape index (κ3) is 4.07. The lowest BCUT2D eigenvalue weighted by Crippen LogP contribution is -2.13. The number of carbonyl (C=O) groups is 2. The molecule has 27 heavy (non-hydrogen) atoms. The van der Waals surface area contributed by atoms with E-state index in [-0.39, 0.29) is 11.5 Å². The van der Waals surface area contributed by atoms with Crippen molar-refractivity contribution in [2.45, 2.75) is 0 Å². The number of nitrogen functional groups attached to an aromatic ring is 1. The molecule has 0 atom stereocenters. The van der Waals surface area contributed by atoms with Crippen LogP contribution in [0.2, 0.25) is 0 Å². The number of carboxylic acid groups (broad SMARTS) is 1. The zero-order valence-corrected chi connectivity index (χ0v) is 14.6. The predicted octanol–water partition coefficient (Wildman–Crippen LogP) is 3.89. The molecule has 0 fully saturated rings. The Morgan fingerprint density at radius 1 is 0.889 bits per heavy atom. The number of methoxy groups -OCH3 is 1. The number of rotatable bonds is 5. The number of amides is 1. The van der Waals surface area contributed by atoms with Gasteiger partial charge in [0.25, 0.3) is 5.91 Å². The molecular weight excluding hydrogens is 344 g/mol. The monoisotopic (exact) mass is 362 g/mol. The number of benzene rings is 3. The van der Waals surface area contributed by atoms with Crippen molar-refractivity contribution in [1.82, 2.24) is 0 Å². The van der Waals surface area contributed by atoms with E-state index in [0.29, 0.717) is 22.7 Å². The summed E-state index contributed by atoms with van der Waals surface area (Å²) in [6.07, 6.45) is 0. The summed E-state index contributed by atoms with van der Waals surface area (Å²) >= 11 is 0. The van der Waals surface area contributed by atoms with Gasteiger partial charge in [0.1, 0.15) is 5.75 Å². The molecule has 0 saturated heterocycles. The number of nitrogens with two attached hydrogens (primary N) is 1. The van der Waals surface area contributed by atoms with Gasteiger partial charge in [0, 0.05) is 5.56 Å². The fourth-order valence-corrected chi connectivity index (χ4v) is 2.59. The molecule has 0 heterocycles. The fraction of sp³-hybridized carbons (Fsp3) is 0.0476. The Morgan fingerprint density at radius 3 is 2.07 bits per heavy atom. The van der Waals surface area contributed by atoms with Crippen molar-refractivity contribution in [1.29, 1.82) is 0 Å². The molecule has 136 valence electrons. The average molecular weight is 362 g/mol. The molecule has 0 bridgehead atoms. The van der Waals surface area contributed by atoms with Crippen molar-refractivity contribution in [3.63, 3.8) is 0 Å². The number of carboxylic acids is 1. The van der Waals surface area contributed by atoms with Gasteiger partial charge in [-0.15, -0.1) is 0 Å². The van der Waals surface area contributed by atoms with Crippen molar-refractivity contribution < 1.29 is 19.4 Å². The van der Waals surface area contributed by atoms with Crippen LogP contribution in [0, 0.1) is 0 Å². The van der Waals surface area contributed by atoms with Gasteiger partial charge in [-0.2, -0.15) is 0 Å². The highest BCUT2D eigenvalue weighted by Gasteiger charge is 2.10. The van der Waals surface area contributed by atoms with Crippen LogP contribution in [-0.4, -0.2) is 24.1 Å². The normalized spacial score (nSPS) is 10.3. The summed E-state index contributed by atoms with van der Waals surface area (Å²) in [5.74, 6) is -0.605. The van der Waals surface area contributed by atoms with Crippen LogP contribution in [0.3, 0.4) is 0 Å². The molecule has 3 rings (SSSR count).